The molecule has 0 spiro atoms. The van der Waals surface area contributed by atoms with Gasteiger partial charge in [0.05, 0.1) is 18.1 Å². The summed E-state index contributed by atoms with van der Waals surface area (Å²) in [7, 11) is -4.53. The molecule has 1 aliphatic carbocycles. The van der Waals surface area contributed by atoms with Crippen LogP contribution < -0.4 is 15.4 Å². The molecule has 2 aromatic carbocycles. The van der Waals surface area contributed by atoms with Crippen LogP contribution in [0.2, 0.25) is 10.0 Å². The van der Waals surface area contributed by atoms with Crippen LogP contribution in [-0.4, -0.2) is 84.0 Å². The van der Waals surface area contributed by atoms with E-state index in [-0.39, 0.29) is 48.9 Å². The van der Waals surface area contributed by atoms with Gasteiger partial charge in [0, 0.05) is 29.5 Å². The van der Waals surface area contributed by atoms with Crippen molar-refractivity contribution in [3.05, 3.63) is 75.5 Å². The third kappa shape index (κ3) is 9.24. The molecule has 0 aromatic heterocycles. The summed E-state index contributed by atoms with van der Waals surface area (Å²) in [5, 5.41) is 5.36. The van der Waals surface area contributed by atoms with Crippen molar-refractivity contribution in [2.24, 2.45) is 5.92 Å². The van der Waals surface area contributed by atoms with Gasteiger partial charge >= 0.3 is 12.2 Å². The summed E-state index contributed by atoms with van der Waals surface area (Å²) in [4.78, 5) is 71.1. The van der Waals surface area contributed by atoms with Crippen LogP contribution >= 0.6 is 23.2 Å². The van der Waals surface area contributed by atoms with Crippen LogP contribution in [0.25, 0.3) is 0 Å². The Morgan fingerprint density at radius 1 is 1.05 bits per heavy atom. The zero-order valence-electron chi connectivity index (χ0n) is 31.1. The summed E-state index contributed by atoms with van der Waals surface area (Å²) in [6.45, 7) is 4.87. The number of alkyl carbamates (subject to hydrolysis) is 1. The van der Waals surface area contributed by atoms with Crippen LogP contribution in [0.5, 0.6) is 0 Å². The number of hydrogen-bond acceptors (Lipinski definition) is 9. The van der Waals surface area contributed by atoms with Crippen molar-refractivity contribution in [3.8, 4) is 0 Å². The van der Waals surface area contributed by atoms with Crippen LogP contribution in [0.1, 0.15) is 76.8 Å². The number of sulfonamides is 1. The molecule has 14 nitrogen and oxygen atoms in total. The third-order valence-corrected chi connectivity index (χ3v) is 12.2. The highest BCUT2D eigenvalue weighted by atomic mass is 35.5. The third-order valence-electron chi connectivity index (χ3n) is 10.2. The van der Waals surface area contributed by atoms with E-state index in [1.165, 1.54) is 28.0 Å². The number of benzene rings is 2. The van der Waals surface area contributed by atoms with Gasteiger partial charge in [0.15, 0.2) is 0 Å². The molecule has 3 N–H and O–H groups in total. The minimum Gasteiger partial charge on any atom is -0.444 e. The number of rotatable bonds is 5. The maximum absolute atomic E-state index is 14.5. The minimum atomic E-state index is -4.53. The lowest BCUT2D eigenvalue weighted by atomic mass is 10.0. The van der Waals surface area contributed by atoms with E-state index in [0.717, 1.165) is 6.07 Å². The first-order chi connectivity index (χ1) is 26.4. The minimum absolute atomic E-state index is 0.0291. The zero-order valence-corrected chi connectivity index (χ0v) is 33.4. The topological polar surface area (TPSA) is 181 Å². The SMILES string of the molecule is CC(C)(C)OC(=O)N[C@H]1CCCCC/C=C\[C@@H]2CC2(C(=O)NS(=O)(=O)c2ccc(Cl)cc2Cl)NC(=O)[C@@H]2C[C@@H](OC(=O)N3Cc4cccc(F)c4C3)CN2C1=O. The van der Waals surface area contributed by atoms with Crippen LogP contribution in [0.4, 0.5) is 14.0 Å². The molecule has 3 heterocycles. The van der Waals surface area contributed by atoms with E-state index in [4.69, 9.17) is 32.7 Å². The van der Waals surface area contributed by atoms with Crippen molar-refractivity contribution in [3.63, 3.8) is 0 Å². The maximum Gasteiger partial charge on any atom is 0.410 e. The number of halogens is 3. The Morgan fingerprint density at radius 2 is 1.82 bits per heavy atom. The first kappa shape index (κ1) is 41.2. The van der Waals surface area contributed by atoms with Crippen LogP contribution in [0.3, 0.4) is 0 Å². The van der Waals surface area contributed by atoms with Crippen molar-refractivity contribution < 1.29 is 46.3 Å². The number of carbonyl (C=O) groups is 5. The molecule has 2 aromatic rings. The molecular weight excluding hydrogens is 792 g/mol. The predicted molar refractivity (Wildman–Crippen MR) is 202 cm³/mol. The van der Waals surface area contributed by atoms with E-state index >= 15 is 0 Å². The van der Waals surface area contributed by atoms with Crippen molar-refractivity contribution in [2.45, 2.75) is 113 Å². The molecule has 1 saturated carbocycles. The Hall–Kier alpha value is -4.41. The average Bonchev–Trinajstić information content (AvgIpc) is 3.40. The highest BCUT2D eigenvalue weighted by molar-refractivity contribution is 7.90. The number of nitrogens with one attached hydrogen (secondary N) is 3. The highest BCUT2D eigenvalue weighted by Gasteiger charge is 2.62. The fourth-order valence-electron chi connectivity index (χ4n) is 7.30. The van der Waals surface area contributed by atoms with Crippen LogP contribution in [0, 0.1) is 11.7 Å². The van der Waals surface area contributed by atoms with Crippen molar-refractivity contribution in [1.82, 2.24) is 25.2 Å². The first-order valence-electron chi connectivity index (χ1n) is 18.4. The molecule has 0 radical (unpaired) electrons. The summed E-state index contributed by atoms with van der Waals surface area (Å²) in [6.07, 6.45) is 3.61. The second-order valence-electron chi connectivity index (χ2n) is 15.5. The number of carbonyl (C=O) groups excluding carboxylic acids is 5. The smallest absolute Gasteiger partial charge is 0.410 e. The maximum atomic E-state index is 14.5. The lowest BCUT2D eigenvalue weighted by molar-refractivity contribution is -0.141. The fourth-order valence-corrected chi connectivity index (χ4v) is 9.12. The van der Waals surface area contributed by atoms with Gasteiger partial charge in [-0.05, 0) is 76.3 Å². The Bertz CT molecular complexity index is 2060. The van der Waals surface area contributed by atoms with Gasteiger partial charge in [0.1, 0.15) is 40.0 Å². The molecule has 5 atom stereocenters. The van der Waals surface area contributed by atoms with E-state index in [2.05, 4.69) is 15.4 Å². The number of amides is 5. The monoisotopic (exact) mass is 835 g/mol. The summed E-state index contributed by atoms with van der Waals surface area (Å²) >= 11 is 12.1. The van der Waals surface area contributed by atoms with Gasteiger partial charge in [-0.3, -0.25) is 19.3 Å². The normalized spacial score (nSPS) is 26.0. The molecule has 302 valence electrons. The summed E-state index contributed by atoms with van der Waals surface area (Å²) < 4.78 is 54.5. The summed E-state index contributed by atoms with van der Waals surface area (Å²) in [5.74, 6) is -3.49. The number of ether oxygens (including phenoxy) is 2. The Labute approximate surface area is 334 Å². The van der Waals surface area contributed by atoms with Gasteiger partial charge in [-0.2, -0.15) is 0 Å². The summed E-state index contributed by atoms with van der Waals surface area (Å²) in [5.41, 5.74) is -1.59. The number of fused-ring (bicyclic) bond motifs is 3. The van der Waals surface area contributed by atoms with Crippen LogP contribution in [-0.2, 0) is 47.0 Å². The molecule has 0 bridgehead atoms. The molecule has 3 aliphatic heterocycles. The quantitative estimate of drug-likeness (QED) is 0.335. The Balaban J connectivity index is 1.27. The van der Waals surface area contributed by atoms with Crippen molar-refractivity contribution in [2.75, 3.05) is 6.54 Å². The number of nitrogens with zero attached hydrogens (tertiary/aromatic N) is 2. The lowest BCUT2D eigenvalue weighted by Gasteiger charge is -2.30. The van der Waals surface area contributed by atoms with Gasteiger partial charge in [0.2, 0.25) is 11.8 Å². The molecular formula is C38H44Cl2FN5O9S. The van der Waals surface area contributed by atoms with Crippen LogP contribution in [0.15, 0.2) is 53.4 Å². The van der Waals surface area contributed by atoms with Crippen molar-refractivity contribution >= 4 is 63.1 Å². The molecule has 56 heavy (non-hydrogen) atoms. The van der Waals surface area contributed by atoms with E-state index < -0.39 is 85.9 Å². The zero-order chi connectivity index (χ0) is 40.6. The molecule has 1 saturated heterocycles. The predicted octanol–water partition coefficient (Wildman–Crippen LogP) is 5.35. The Kier molecular flexibility index (Phi) is 11.9. The van der Waals surface area contributed by atoms with Gasteiger partial charge in [-0.1, -0.05) is 60.3 Å². The van der Waals surface area contributed by atoms with E-state index in [9.17, 15) is 36.8 Å². The van der Waals surface area contributed by atoms with Gasteiger partial charge in [-0.15, -0.1) is 0 Å². The van der Waals surface area contributed by atoms with E-state index in [1.807, 2.05) is 6.08 Å². The largest absolute Gasteiger partial charge is 0.444 e. The number of allylic oxidation sites excluding steroid dienone is 1. The molecule has 18 heteroatoms. The highest BCUT2D eigenvalue weighted by Crippen LogP contribution is 2.46. The second kappa shape index (κ2) is 16.2. The van der Waals surface area contributed by atoms with Crippen molar-refractivity contribution in [1.29, 1.82) is 0 Å². The molecule has 2 fully saturated rings. The fraction of sp³-hybridized carbons (Fsp3) is 0.500. The molecule has 6 rings (SSSR count). The van der Waals surface area contributed by atoms with Gasteiger partial charge in [0.25, 0.3) is 15.9 Å². The standard InChI is InChI=1S/C38H44Cl2FN5O9S/c1-37(2,3)55-35(50)42-29-13-8-6-4-5-7-11-23-18-38(23,34(49)44-56(52,53)31-15-14-24(39)16-27(31)40)43-32(47)30-17-25(20-46(30)33(29)48)54-36(51)45-19-22-10-9-12-28(41)26(22)21-45/h7,9-12,14-16,23,25,29-30H,4-6,8,13,17-21H2,1-3H3,(H,42,50)(H,43,47)(H,44,49)/b11-7-/t23-,25-,29+,30+,38?/m1/s1. The first-order valence-corrected chi connectivity index (χ1v) is 20.6. The van der Waals surface area contributed by atoms with E-state index in [1.54, 1.807) is 39.0 Å². The van der Waals surface area contributed by atoms with E-state index in [0.29, 0.717) is 36.8 Å². The Morgan fingerprint density at radius 3 is 2.54 bits per heavy atom. The average molecular weight is 837 g/mol. The van der Waals surface area contributed by atoms with Gasteiger partial charge in [-0.25, -0.2) is 27.1 Å². The summed E-state index contributed by atoms with van der Waals surface area (Å²) in [6, 6.07) is 5.81. The van der Waals surface area contributed by atoms with Gasteiger partial charge < -0.3 is 25.0 Å². The molecule has 1 unspecified atom stereocenters. The molecule has 4 aliphatic rings. The second-order valence-corrected chi connectivity index (χ2v) is 18.0. The lowest BCUT2D eigenvalue weighted by Crippen LogP contribution is -2.58. The molecule has 5 amide bonds. The number of hydrogen-bond donors (Lipinski definition) is 3.